The van der Waals surface area contributed by atoms with Crippen LogP contribution in [-0.2, 0) is 11.2 Å². The maximum absolute atomic E-state index is 5.74. The monoisotopic (exact) mass is 269 g/mol. The molecule has 20 heavy (non-hydrogen) atoms. The van der Waals surface area contributed by atoms with E-state index in [9.17, 15) is 0 Å². The van der Waals surface area contributed by atoms with Crippen LogP contribution < -0.4 is 9.64 Å². The van der Waals surface area contributed by atoms with Crippen molar-refractivity contribution in [3.63, 3.8) is 0 Å². The third kappa shape index (κ3) is 2.25. The van der Waals surface area contributed by atoms with Crippen molar-refractivity contribution in [2.45, 2.75) is 12.6 Å². The van der Waals surface area contributed by atoms with Crippen LogP contribution in [-0.4, -0.2) is 20.8 Å². The minimum Gasteiger partial charge on any atom is -0.497 e. The molecule has 104 valence electrons. The second-order valence-electron chi connectivity index (χ2n) is 4.93. The zero-order valence-electron chi connectivity index (χ0n) is 11.9. The van der Waals surface area contributed by atoms with Gasteiger partial charge in [0, 0.05) is 24.9 Å². The van der Waals surface area contributed by atoms with Gasteiger partial charge in [-0.05, 0) is 36.2 Å². The molecule has 0 radical (unpaired) electrons. The Morgan fingerprint density at radius 3 is 2.45 bits per heavy atom. The smallest absolute Gasteiger partial charge is 0.156 e. The lowest BCUT2D eigenvalue weighted by atomic mass is 9.97. The lowest BCUT2D eigenvalue weighted by Crippen LogP contribution is -2.36. The molecule has 0 spiro atoms. The van der Waals surface area contributed by atoms with E-state index in [1.807, 2.05) is 12.1 Å². The molecule has 3 heteroatoms. The molecular weight excluding hydrogens is 250 g/mol. The number of hydrogen-bond acceptors (Lipinski definition) is 3. The molecule has 1 aliphatic heterocycles. The van der Waals surface area contributed by atoms with Crippen molar-refractivity contribution < 1.29 is 9.47 Å². The molecule has 0 saturated carbocycles. The summed E-state index contributed by atoms with van der Waals surface area (Å²) >= 11 is 0. The zero-order chi connectivity index (χ0) is 13.9. The summed E-state index contributed by atoms with van der Waals surface area (Å²) in [6.45, 7) is 0.960. The molecule has 2 aromatic carbocycles. The first kappa shape index (κ1) is 13.0. The maximum Gasteiger partial charge on any atom is 0.156 e. The Kier molecular flexibility index (Phi) is 3.61. The molecule has 0 saturated heterocycles. The summed E-state index contributed by atoms with van der Waals surface area (Å²) < 4.78 is 11.0. The second kappa shape index (κ2) is 5.55. The summed E-state index contributed by atoms with van der Waals surface area (Å²) in [4.78, 5) is 2.29. The van der Waals surface area contributed by atoms with Gasteiger partial charge in [0.15, 0.2) is 6.23 Å². The van der Waals surface area contributed by atoms with Crippen molar-refractivity contribution >= 4 is 5.69 Å². The van der Waals surface area contributed by atoms with E-state index >= 15 is 0 Å². The number of ether oxygens (including phenoxy) is 2. The Morgan fingerprint density at radius 2 is 1.75 bits per heavy atom. The Hall–Kier alpha value is -2.00. The van der Waals surface area contributed by atoms with Crippen molar-refractivity contribution in [1.82, 2.24) is 0 Å². The van der Waals surface area contributed by atoms with Crippen LogP contribution in [0.5, 0.6) is 5.75 Å². The van der Waals surface area contributed by atoms with Gasteiger partial charge in [-0.3, -0.25) is 0 Å². The van der Waals surface area contributed by atoms with Crippen LogP contribution in [0, 0.1) is 0 Å². The Labute approximate surface area is 119 Å². The molecule has 2 aromatic rings. The van der Waals surface area contributed by atoms with Crippen LogP contribution in [0.2, 0.25) is 0 Å². The zero-order valence-corrected chi connectivity index (χ0v) is 11.9. The van der Waals surface area contributed by atoms with E-state index in [2.05, 4.69) is 41.3 Å². The Morgan fingerprint density at radius 1 is 1.00 bits per heavy atom. The summed E-state index contributed by atoms with van der Waals surface area (Å²) in [5, 5.41) is 0. The van der Waals surface area contributed by atoms with Gasteiger partial charge in [-0.2, -0.15) is 0 Å². The first-order valence-corrected chi connectivity index (χ1v) is 6.85. The van der Waals surface area contributed by atoms with E-state index in [-0.39, 0.29) is 6.23 Å². The summed E-state index contributed by atoms with van der Waals surface area (Å²) in [7, 11) is 3.45. The molecular formula is C17H19NO2. The van der Waals surface area contributed by atoms with Gasteiger partial charge in [0.2, 0.25) is 0 Å². The fraction of sp³-hybridized carbons (Fsp3) is 0.294. The molecule has 1 atom stereocenters. The standard InChI is InChI=1S/C17H19NO2/c1-19-15-9-7-14(8-10-15)18-12-11-13-5-3-4-6-16(13)17(18)20-2/h3-10,17H,11-12H2,1-2H3/t17-/m0/s1. The fourth-order valence-corrected chi connectivity index (χ4v) is 2.82. The van der Waals surface area contributed by atoms with E-state index in [1.54, 1.807) is 14.2 Å². The number of hydrogen-bond donors (Lipinski definition) is 0. The average molecular weight is 269 g/mol. The molecule has 3 nitrogen and oxygen atoms in total. The van der Waals surface area contributed by atoms with Crippen LogP contribution in [0.3, 0.4) is 0 Å². The third-order valence-electron chi connectivity index (χ3n) is 3.85. The predicted octanol–water partition coefficient (Wildman–Crippen LogP) is 3.40. The lowest BCUT2D eigenvalue weighted by Gasteiger charge is -2.37. The van der Waals surface area contributed by atoms with E-state index in [0.717, 1.165) is 24.4 Å². The van der Waals surface area contributed by atoms with Crippen LogP contribution >= 0.6 is 0 Å². The molecule has 0 aromatic heterocycles. The van der Waals surface area contributed by atoms with Gasteiger partial charge >= 0.3 is 0 Å². The third-order valence-corrected chi connectivity index (χ3v) is 3.85. The van der Waals surface area contributed by atoms with Crippen molar-refractivity contribution in [3.05, 3.63) is 59.7 Å². The Balaban J connectivity index is 1.94. The highest BCUT2D eigenvalue weighted by Crippen LogP contribution is 2.34. The van der Waals surface area contributed by atoms with Gasteiger partial charge in [-0.25, -0.2) is 0 Å². The van der Waals surface area contributed by atoms with Crippen molar-refractivity contribution in [1.29, 1.82) is 0 Å². The number of anilines is 1. The molecule has 3 rings (SSSR count). The predicted molar refractivity (Wildman–Crippen MR) is 80.2 cm³/mol. The van der Waals surface area contributed by atoms with Crippen LogP contribution in [0.1, 0.15) is 17.4 Å². The first-order chi connectivity index (χ1) is 9.83. The normalized spacial score (nSPS) is 17.7. The minimum absolute atomic E-state index is 0.0201. The van der Waals surface area contributed by atoms with Crippen molar-refractivity contribution in [3.8, 4) is 5.75 Å². The highest BCUT2D eigenvalue weighted by Gasteiger charge is 2.26. The molecule has 0 unspecified atom stereocenters. The van der Waals surface area contributed by atoms with Crippen LogP contribution in [0.15, 0.2) is 48.5 Å². The molecule has 1 heterocycles. The van der Waals surface area contributed by atoms with Gasteiger partial charge in [0.1, 0.15) is 5.75 Å². The van der Waals surface area contributed by atoms with Crippen LogP contribution in [0.4, 0.5) is 5.69 Å². The van der Waals surface area contributed by atoms with Gasteiger partial charge in [0.05, 0.1) is 7.11 Å². The molecule has 0 fully saturated rings. The average Bonchev–Trinajstić information content (AvgIpc) is 2.54. The Bertz CT molecular complexity index is 580. The number of benzene rings is 2. The van der Waals surface area contributed by atoms with E-state index in [4.69, 9.17) is 9.47 Å². The quantitative estimate of drug-likeness (QED) is 0.852. The molecule has 1 aliphatic rings. The summed E-state index contributed by atoms with van der Waals surface area (Å²) in [5.74, 6) is 0.875. The highest BCUT2D eigenvalue weighted by molar-refractivity contribution is 5.53. The molecule has 0 amide bonds. The van der Waals surface area contributed by atoms with Crippen molar-refractivity contribution in [2.24, 2.45) is 0 Å². The van der Waals surface area contributed by atoms with Gasteiger partial charge in [0.25, 0.3) is 0 Å². The highest BCUT2D eigenvalue weighted by atomic mass is 16.5. The van der Waals surface area contributed by atoms with E-state index < -0.39 is 0 Å². The molecule has 0 N–H and O–H groups in total. The topological polar surface area (TPSA) is 21.7 Å². The lowest BCUT2D eigenvalue weighted by molar-refractivity contribution is 0.0943. The molecule has 0 aliphatic carbocycles. The van der Waals surface area contributed by atoms with Gasteiger partial charge < -0.3 is 14.4 Å². The SMILES string of the molecule is COc1ccc(N2CCc3ccccc3[C@@H]2OC)cc1. The summed E-state index contributed by atoms with van der Waals surface area (Å²) in [5.41, 5.74) is 3.80. The number of fused-ring (bicyclic) bond motifs is 1. The summed E-state index contributed by atoms with van der Waals surface area (Å²) in [6.07, 6.45) is 1.02. The van der Waals surface area contributed by atoms with E-state index in [0.29, 0.717) is 0 Å². The van der Waals surface area contributed by atoms with Gasteiger partial charge in [-0.1, -0.05) is 24.3 Å². The van der Waals surface area contributed by atoms with E-state index in [1.165, 1.54) is 11.1 Å². The molecule has 0 bridgehead atoms. The summed E-state index contributed by atoms with van der Waals surface area (Å²) in [6, 6.07) is 16.6. The minimum atomic E-state index is -0.0201. The fourth-order valence-electron chi connectivity index (χ4n) is 2.82. The second-order valence-corrected chi connectivity index (χ2v) is 4.93. The van der Waals surface area contributed by atoms with Crippen molar-refractivity contribution in [2.75, 3.05) is 25.7 Å². The first-order valence-electron chi connectivity index (χ1n) is 6.85. The van der Waals surface area contributed by atoms with Crippen LogP contribution in [0.25, 0.3) is 0 Å². The number of methoxy groups -OCH3 is 2. The largest absolute Gasteiger partial charge is 0.497 e. The van der Waals surface area contributed by atoms with Gasteiger partial charge in [-0.15, -0.1) is 0 Å². The number of rotatable bonds is 3. The number of nitrogens with zero attached hydrogens (tertiary/aromatic N) is 1. The maximum atomic E-state index is 5.74.